The highest BCUT2D eigenvalue weighted by Gasteiger charge is 2.23. The lowest BCUT2D eigenvalue weighted by molar-refractivity contribution is 0.210. The van der Waals surface area contributed by atoms with Gasteiger partial charge in [0.15, 0.2) is 0 Å². The number of benzene rings is 1. The van der Waals surface area contributed by atoms with E-state index in [1.807, 2.05) is 11.3 Å². The first-order valence-corrected chi connectivity index (χ1v) is 10.1. The fourth-order valence-electron chi connectivity index (χ4n) is 3.54. The van der Waals surface area contributed by atoms with E-state index in [1.54, 1.807) is 5.56 Å². The van der Waals surface area contributed by atoms with E-state index in [4.69, 9.17) is 4.74 Å². The van der Waals surface area contributed by atoms with Crippen LogP contribution in [0.4, 0.5) is 0 Å². The van der Waals surface area contributed by atoms with E-state index in [2.05, 4.69) is 42.3 Å². The molecular weight excluding hydrogens is 302 g/mol. The number of piperidine rings is 1. The fourth-order valence-corrected chi connectivity index (χ4v) is 4.66. The normalized spacial score (nSPS) is 17.0. The molecule has 0 saturated carbocycles. The molecule has 0 amide bonds. The molecular formula is C20H29NOS. The predicted molar refractivity (Wildman–Crippen MR) is 101 cm³/mol. The number of nitrogens with zero attached hydrogens (tertiary/aromatic N) is 1. The maximum Gasteiger partial charge on any atom is 0.137 e. The second-order valence-electron chi connectivity index (χ2n) is 6.64. The van der Waals surface area contributed by atoms with Crippen LogP contribution in [-0.2, 0) is 0 Å². The lowest BCUT2D eigenvalue weighted by Gasteiger charge is -2.31. The number of hydrogen-bond acceptors (Lipinski definition) is 3. The van der Waals surface area contributed by atoms with Gasteiger partial charge in [-0.3, -0.25) is 0 Å². The summed E-state index contributed by atoms with van der Waals surface area (Å²) < 4.78 is 7.27. The Morgan fingerprint density at radius 1 is 1.17 bits per heavy atom. The molecule has 126 valence electrons. The van der Waals surface area contributed by atoms with Crippen LogP contribution in [0.3, 0.4) is 0 Å². The summed E-state index contributed by atoms with van der Waals surface area (Å²) in [5.74, 6) is 1.80. The third-order valence-electron chi connectivity index (χ3n) is 4.91. The van der Waals surface area contributed by atoms with Crippen LogP contribution in [0, 0.1) is 0 Å². The van der Waals surface area contributed by atoms with Crippen LogP contribution in [0.25, 0.3) is 10.1 Å². The van der Waals surface area contributed by atoms with E-state index in [-0.39, 0.29) is 0 Å². The molecule has 1 aromatic heterocycles. The van der Waals surface area contributed by atoms with Gasteiger partial charge in [-0.2, -0.15) is 0 Å². The van der Waals surface area contributed by atoms with Crippen molar-refractivity contribution in [1.82, 2.24) is 4.90 Å². The van der Waals surface area contributed by atoms with Crippen molar-refractivity contribution in [1.29, 1.82) is 0 Å². The molecule has 2 heterocycles. The van der Waals surface area contributed by atoms with Crippen LogP contribution in [0.1, 0.15) is 57.4 Å². The van der Waals surface area contributed by atoms with Gasteiger partial charge in [-0.05, 0) is 73.6 Å². The smallest absolute Gasteiger partial charge is 0.137 e. The molecule has 3 heteroatoms. The van der Waals surface area contributed by atoms with Crippen molar-refractivity contribution in [2.24, 2.45) is 0 Å². The first-order valence-electron chi connectivity index (χ1n) is 9.18. The van der Waals surface area contributed by atoms with Gasteiger partial charge in [0.25, 0.3) is 0 Å². The van der Waals surface area contributed by atoms with E-state index >= 15 is 0 Å². The highest BCUT2D eigenvalue weighted by Crippen LogP contribution is 2.40. The second kappa shape index (κ2) is 8.16. The predicted octanol–water partition coefficient (Wildman–Crippen LogP) is 5.67. The minimum Gasteiger partial charge on any atom is -0.492 e. The van der Waals surface area contributed by atoms with Crippen LogP contribution in [0.15, 0.2) is 23.6 Å². The van der Waals surface area contributed by atoms with E-state index < -0.39 is 0 Å². The molecule has 0 N–H and O–H groups in total. The molecule has 3 rings (SSSR count). The first kappa shape index (κ1) is 16.8. The SMILES string of the molecule is CCCCN1CCC(c2csc3c(OCCC)cccc23)CC1. The van der Waals surface area contributed by atoms with Crippen molar-refractivity contribution in [2.75, 3.05) is 26.2 Å². The molecule has 1 aliphatic heterocycles. The van der Waals surface area contributed by atoms with Crippen molar-refractivity contribution in [3.63, 3.8) is 0 Å². The van der Waals surface area contributed by atoms with E-state index in [0.29, 0.717) is 0 Å². The molecule has 1 aliphatic rings. The third-order valence-corrected chi connectivity index (χ3v) is 5.94. The summed E-state index contributed by atoms with van der Waals surface area (Å²) in [6.45, 7) is 9.04. The number of unbranched alkanes of at least 4 members (excludes halogenated alkanes) is 1. The Hall–Kier alpha value is -1.06. The fraction of sp³-hybridized carbons (Fsp3) is 0.600. The van der Waals surface area contributed by atoms with Gasteiger partial charge in [-0.1, -0.05) is 32.4 Å². The second-order valence-corrected chi connectivity index (χ2v) is 7.52. The maximum absolute atomic E-state index is 5.93. The molecule has 0 atom stereocenters. The topological polar surface area (TPSA) is 12.5 Å². The number of ether oxygens (including phenoxy) is 1. The quantitative estimate of drug-likeness (QED) is 0.648. The van der Waals surface area contributed by atoms with Crippen molar-refractivity contribution < 1.29 is 4.74 Å². The summed E-state index contributed by atoms with van der Waals surface area (Å²) in [5.41, 5.74) is 1.56. The molecule has 1 fully saturated rings. The molecule has 0 aliphatic carbocycles. The summed E-state index contributed by atoms with van der Waals surface area (Å²) in [5, 5.41) is 3.81. The summed E-state index contributed by atoms with van der Waals surface area (Å²) in [7, 11) is 0. The number of hydrogen-bond donors (Lipinski definition) is 0. The number of thiophene rings is 1. The van der Waals surface area contributed by atoms with Crippen LogP contribution in [0.2, 0.25) is 0 Å². The monoisotopic (exact) mass is 331 g/mol. The summed E-state index contributed by atoms with van der Waals surface area (Å²) in [6, 6.07) is 6.55. The Morgan fingerprint density at radius 3 is 2.74 bits per heavy atom. The van der Waals surface area contributed by atoms with Gasteiger partial charge >= 0.3 is 0 Å². The lowest BCUT2D eigenvalue weighted by atomic mass is 9.89. The van der Waals surface area contributed by atoms with E-state index in [9.17, 15) is 0 Å². The zero-order valence-corrected chi connectivity index (χ0v) is 15.3. The molecule has 0 radical (unpaired) electrons. The van der Waals surface area contributed by atoms with Crippen LogP contribution in [-0.4, -0.2) is 31.1 Å². The van der Waals surface area contributed by atoms with Crippen LogP contribution < -0.4 is 4.74 Å². The number of rotatable bonds is 7. The van der Waals surface area contributed by atoms with Gasteiger partial charge < -0.3 is 9.64 Å². The molecule has 1 saturated heterocycles. The van der Waals surface area contributed by atoms with Gasteiger partial charge in [0.1, 0.15) is 5.75 Å². The Kier molecular flexibility index (Phi) is 5.96. The Labute approximate surface area is 144 Å². The van der Waals surface area contributed by atoms with Gasteiger partial charge in [-0.25, -0.2) is 0 Å². The van der Waals surface area contributed by atoms with Crippen molar-refractivity contribution in [3.05, 3.63) is 29.1 Å². The summed E-state index contributed by atoms with van der Waals surface area (Å²) in [6.07, 6.45) is 6.30. The maximum atomic E-state index is 5.93. The third kappa shape index (κ3) is 3.89. The molecule has 0 bridgehead atoms. The summed E-state index contributed by atoms with van der Waals surface area (Å²) in [4.78, 5) is 2.64. The van der Waals surface area contributed by atoms with Gasteiger partial charge in [0.05, 0.1) is 11.3 Å². The zero-order chi connectivity index (χ0) is 16.1. The zero-order valence-electron chi connectivity index (χ0n) is 14.5. The number of fused-ring (bicyclic) bond motifs is 1. The van der Waals surface area contributed by atoms with Crippen LogP contribution in [0.5, 0.6) is 5.75 Å². The Morgan fingerprint density at radius 2 is 2.00 bits per heavy atom. The summed E-state index contributed by atoms with van der Waals surface area (Å²) >= 11 is 1.86. The Balaban J connectivity index is 1.71. The van der Waals surface area contributed by atoms with E-state index in [0.717, 1.165) is 24.7 Å². The highest BCUT2D eigenvalue weighted by atomic mass is 32.1. The molecule has 2 nitrogen and oxygen atoms in total. The van der Waals surface area contributed by atoms with E-state index in [1.165, 1.54) is 55.4 Å². The minimum atomic E-state index is 0.725. The first-order chi connectivity index (χ1) is 11.3. The molecule has 0 spiro atoms. The van der Waals surface area contributed by atoms with Crippen molar-refractivity contribution >= 4 is 21.4 Å². The van der Waals surface area contributed by atoms with Crippen molar-refractivity contribution in [2.45, 2.75) is 51.9 Å². The minimum absolute atomic E-state index is 0.725. The van der Waals surface area contributed by atoms with Gasteiger partial charge in [0, 0.05) is 0 Å². The highest BCUT2D eigenvalue weighted by molar-refractivity contribution is 7.17. The van der Waals surface area contributed by atoms with Gasteiger partial charge in [-0.15, -0.1) is 11.3 Å². The Bertz CT molecular complexity index is 613. The largest absolute Gasteiger partial charge is 0.492 e. The average molecular weight is 332 g/mol. The lowest BCUT2D eigenvalue weighted by Crippen LogP contribution is -2.33. The standard InChI is InChI=1S/C20H29NOS/c1-3-5-11-21-12-9-16(10-13-21)18-15-23-20-17(18)7-6-8-19(20)22-14-4-2/h6-8,15-16H,3-5,9-14H2,1-2H3. The molecule has 0 unspecified atom stereocenters. The van der Waals surface area contributed by atoms with Crippen molar-refractivity contribution in [3.8, 4) is 5.75 Å². The average Bonchev–Trinajstić information content (AvgIpc) is 3.03. The number of likely N-dealkylation sites (tertiary alicyclic amines) is 1. The molecule has 23 heavy (non-hydrogen) atoms. The molecule has 2 aromatic rings. The van der Waals surface area contributed by atoms with Gasteiger partial charge in [0.2, 0.25) is 0 Å². The molecule has 1 aromatic carbocycles. The van der Waals surface area contributed by atoms with Crippen LogP contribution >= 0.6 is 11.3 Å².